The molecule has 0 radical (unpaired) electrons. The summed E-state index contributed by atoms with van der Waals surface area (Å²) in [6.07, 6.45) is 3.71. The molecule has 1 aliphatic heterocycles. The molecule has 2 fully saturated rings. The topological polar surface area (TPSA) is 41.9 Å². The van der Waals surface area contributed by atoms with Crippen LogP contribution in [0.2, 0.25) is 0 Å². The highest BCUT2D eigenvalue weighted by atomic mass is 16.6. The Bertz CT molecular complexity index is 365. The normalized spacial score (nSPS) is 29.9. The molecule has 94 valence electrons. The molecule has 1 heterocycles. The van der Waals surface area contributed by atoms with Gasteiger partial charge < -0.3 is 9.64 Å². The lowest BCUT2D eigenvalue weighted by Crippen LogP contribution is -2.36. The molecule has 1 aliphatic carbocycles. The van der Waals surface area contributed by atoms with Crippen molar-refractivity contribution in [2.45, 2.75) is 26.4 Å². The van der Waals surface area contributed by atoms with E-state index >= 15 is 0 Å². The summed E-state index contributed by atoms with van der Waals surface area (Å²) in [7, 11) is 1.77. The first-order chi connectivity index (χ1) is 7.92. The molecular formula is C13H20N2O2. The SMILES string of the molecule is C/N=C/C=C1/C2CN(C(=O)OC(C)(C)C)C[C@@H]12. The standard InChI is InChI=1S/C13H20N2O2/c1-13(2,3)17-12(16)15-7-10-9(5-6-14-4)11(10)8-15/h5-6,10-11H,7-8H2,1-4H3/b9-5-,14-6+/t10?,11-/m0/s1. The second-order valence-electron chi connectivity index (χ2n) is 5.67. The Hall–Kier alpha value is -1.32. The van der Waals surface area contributed by atoms with Crippen LogP contribution in [-0.4, -0.2) is 42.9 Å². The number of aliphatic imine (C=N–C) groups is 1. The predicted octanol–water partition coefficient (Wildman–Crippen LogP) is 2.11. The van der Waals surface area contributed by atoms with E-state index in [-0.39, 0.29) is 6.09 Å². The molecule has 4 nitrogen and oxygen atoms in total. The first-order valence-corrected chi connectivity index (χ1v) is 6.02. The van der Waals surface area contributed by atoms with Crippen molar-refractivity contribution in [3.05, 3.63) is 11.6 Å². The first kappa shape index (κ1) is 12.1. The third kappa shape index (κ3) is 2.68. The van der Waals surface area contributed by atoms with Gasteiger partial charge in [-0.15, -0.1) is 0 Å². The minimum Gasteiger partial charge on any atom is -0.444 e. The van der Waals surface area contributed by atoms with Crippen LogP contribution in [0, 0.1) is 11.8 Å². The summed E-state index contributed by atoms with van der Waals surface area (Å²) in [6.45, 7) is 7.27. The second-order valence-corrected chi connectivity index (χ2v) is 5.67. The number of allylic oxidation sites excluding steroid dienone is 1. The van der Waals surface area contributed by atoms with Gasteiger partial charge in [-0.1, -0.05) is 5.57 Å². The van der Waals surface area contributed by atoms with Crippen molar-refractivity contribution in [3.63, 3.8) is 0 Å². The van der Waals surface area contributed by atoms with Gasteiger partial charge in [-0.2, -0.15) is 0 Å². The molecule has 2 rings (SSSR count). The van der Waals surface area contributed by atoms with Gasteiger partial charge in [0.1, 0.15) is 5.60 Å². The minimum atomic E-state index is -0.405. The number of likely N-dealkylation sites (tertiary alicyclic amines) is 1. The van der Waals surface area contributed by atoms with Crippen LogP contribution in [0.15, 0.2) is 16.6 Å². The van der Waals surface area contributed by atoms with Crippen LogP contribution in [0.5, 0.6) is 0 Å². The average Bonchev–Trinajstić information content (AvgIpc) is 2.67. The molecule has 2 aliphatic rings. The summed E-state index contributed by atoms with van der Waals surface area (Å²) in [5.74, 6) is 1.08. The molecule has 0 aromatic rings. The van der Waals surface area contributed by atoms with E-state index in [0.717, 1.165) is 13.1 Å². The van der Waals surface area contributed by atoms with Crippen LogP contribution in [-0.2, 0) is 4.74 Å². The predicted molar refractivity (Wildman–Crippen MR) is 67.3 cm³/mol. The number of hydrogen-bond acceptors (Lipinski definition) is 3. The van der Waals surface area contributed by atoms with Gasteiger partial charge in [-0.3, -0.25) is 4.99 Å². The lowest BCUT2D eigenvalue weighted by Gasteiger charge is -2.25. The summed E-state index contributed by atoms with van der Waals surface area (Å²) in [6, 6.07) is 0. The number of piperidine rings is 1. The maximum absolute atomic E-state index is 11.8. The van der Waals surface area contributed by atoms with Crippen molar-refractivity contribution in [2.75, 3.05) is 20.1 Å². The van der Waals surface area contributed by atoms with Crippen LogP contribution >= 0.6 is 0 Å². The quantitative estimate of drug-likeness (QED) is 0.654. The highest BCUT2D eigenvalue weighted by Crippen LogP contribution is 2.51. The molecule has 1 saturated carbocycles. The van der Waals surface area contributed by atoms with Crippen molar-refractivity contribution in [1.82, 2.24) is 4.90 Å². The summed E-state index contributed by atoms with van der Waals surface area (Å²) in [5.41, 5.74) is 1.02. The Morgan fingerprint density at radius 3 is 2.47 bits per heavy atom. The summed E-state index contributed by atoms with van der Waals surface area (Å²) in [4.78, 5) is 17.6. The van der Waals surface area contributed by atoms with Crippen LogP contribution in [0.4, 0.5) is 4.79 Å². The van der Waals surface area contributed by atoms with Gasteiger partial charge in [-0.05, 0) is 26.8 Å². The van der Waals surface area contributed by atoms with E-state index in [1.165, 1.54) is 5.57 Å². The Morgan fingerprint density at radius 2 is 2.00 bits per heavy atom. The molecule has 0 N–H and O–H groups in total. The molecular weight excluding hydrogens is 216 g/mol. The average molecular weight is 236 g/mol. The zero-order valence-corrected chi connectivity index (χ0v) is 10.9. The zero-order chi connectivity index (χ0) is 12.6. The molecule has 1 saturated heterocycles. The Balaban J connectivity index is 1.85. The maximum Gasteiger partial charge on any atom is 0.410 e. The minimum absolute atomic E-state index is 0.187. The van der Waals surface area contributed by atoms with Crippen molar-refractivity contribution in [2.24, 2.45) is 16.8 Å². The molecule has 1 amide bonds. The largest absolute Gasteiger partial charge is 0.444 e. The third-order valence-electron chi connectivity index (χ3n) is 3.13. The van der Waals surface area contributed by atoms with Crippen molar-refractivity contribution >= 4 is 12.3 Å². The molecule has 1 unspecified atom stereocenters. The lowest BCUT2D eigenvalue weighted by molar-refractivity contribution is 0.0280. The van der Waals surface area contributed by atoms with Crippen molar-refractivity contribution < 1.29 is 9.53 Å². The third-order valence-corrected chi connectivity index (χ3v) is 3.13. The smallest absolute Gasteiger partial charge is 0.410 e. The highest BCUT2D eigenvalue weighted by Gasteiger charge is 2.52. The maximum atomic E-state index is 11.8. The molecule has 0 spiro atoms. The van der Waals surface area contributed by atoms with Crippen LogP contribution in [0.25, 0.3) is 0 Å². The van der Waals surface area contributed by atoms with Gasteiger partial charge in [0.05, 0.1) is 0 Å². The molecule has 0 aromatic carbocycles. The first-order valence-electron chi connectivity index (χ1n) is 6.02. The number of ether oxygens (including phenoxy) is 1. The second kappa shape index (κ2) is 4.17. The fourth-order valence-corrected chi connectivity index (χ4v) is 2.30. The van der Waals surface area contributed by atoms with E-state index in [4.69, 9.17) is 4.74 Å². The van der Waals surface area contributed by atoms with Crippen molar-refractivity contribution in [1.29, 1.82) is 0 Å². The zero-order valence-electron chi connectivity index (χ0n) is 10.9. The molecule has 0 aromatic heterocycles. The number of hydrogen-bond donors (Lipinski definition) is 0. The van der Waals surface area contributed by atoms with E-state index in [0.29, 0.717) is 11.8 Å². The van der Waals surface area contributed by atoms with E-state index in [1.807, 2.05) is 27.0 Å². The van der Waals surface area contributed by atoms with E-state index < -0.39 is 5.60 Å². The summed E-state index contributed by atoms with van der Waals surface area (Å²) >= 11 is 0. The monoisotopic (exact) mass is 236 g/mol. The van der Waals surface area contributed by atoms with E-state index in [2.05, 4.69) is 11.1 Å². The Labute approximate surface area is 102 Å². The van der Waals surface area contributed by atoms with Gasteiger partial charge in [0.2, 0.25) is 0 Å². The lowest BCUT2D eigenvalue weighted by atomic mass is 10.2. The number of carbonyl (C=O) groups is 1. The summed E-state index contributed by atoms with van der Waals surface area (Å²) < 4.78 is 5.35. The number of nitrogens with zero attached hydrogens (tertiary/aromatic N) is 2. The number of rotatable bonds is 1. The highest BCUT2D eigenvalue weighted by molar-refractivity contribution is 5.75. The van der Waals surface area contributed by atoms with Gasteiger partial charge >= 0.3 is 6.09 Å². The number of amides is 1. The molecule has 0 bridgehead atoms. The van der Waals surface area contributed by atoms with Gasteiger partial charge in [-0.25, -0.2) is 4.79 Å². The van der Waals surface area contributed by atoms with Crippen molar-refractivity contribution in [3.8, 4) is 0 Å². The van der Waals surface area contributed by atoms with Crippen LogP contribution in [0.1, 0.15) is 20.8 Å². The fraction of sp³-hybridized carbons (Fsp3) is 0.692. The van der Waals surface area contributed by atoms with Gasteiger partial charge in [0.15, 0.2) is 0 Å². The Kier molecular flexibility index (Phi) is 2.98. The number of fused-ring (bicyclic) bond motifs is 1. The van der Waals surface area contributed by atoms with Crippen LogP contribution < -0.4 is 0 Å². The number of carbonyl (C=O) groups excluding carboxylic acids is 1. The van der Waals surface area contributed by atoms with E-state index in [9.17, 15) is 4.79 Å². The van der Waals surface area contributed by atoms with Gasteiger partial charge in [0.25, 0.3) is 0 Å². The fourth-order valence-electron chi connectivity index (χ4n) is 2.30. The van der Waals surface area contributed by atoms with Crippen LogP contribution in [0.3, 0.4) is 0 Å². The molecule has 2 atom stereocenters. The van der Waals surface area contributed by atoms with Gasteiger partial charge in [0, 0.05) is 38.2 Å². The Morgan fingerprint density at radius 1 is 1.41 bits per heavy atom. The molecule has 17 heavy (non-hydrogen) atoms. The molecule has 4 heteroatoms. The van der Waals surface area contributed by atoms with E-state index in [1.54, 1.807) is 11.9 Å². The summed E-state index contributed by atoms with van der Waals surface area (Å²) in [5, 5.41) is 0.